The number of aromatic amines is 1. The Balaban J connectivity index is 0.000000561. The molecule has 0 saturated heterocycles. The summed E-state index contributed by atoms with van der Waals surface area (Å²) < 4.78 is 0. The van der Waals surface area contributed by atoms with Crippen molar-refractivity contribution in [2.24, 2.45) is 0 Å². The first-order valence-electron chi connectivity index (χ1n) is 4.22. The minimum absolute atomic E-state index is 1.05. The normalized spacial score (nSPS) is 8.25. The second-order valence-electron chi connectivity index (χ2n) is 2.21. The summed E-state index contributed by atoms with van der Waals surface area (Å²) in [6.07, 6.45) is 5.58. The van der Waals surface area contributed by atoms with Crippen LogP contribution in [0.5, 0.6) is 0 Å². The average molecular weight is 163 g/mol. The maximum absolute atomic E-state index is 3.70. The van der Waals surface area contributed by atoms with Crippen LogP contribution in [-0.2, 0) is 0 Å². The van der Waals surface area contributed by atoms with E-state index in [1.807, 2.05) is 33.0 Å². The second kappa shape index (κ2) is 5.42. The fraction of sp³-hybridized carbons (Fsp3) is 0.273. The highest BCUT2D eigenvalue weighted by atomic mass is 14.7. The lowest BCUT2D eigenvalue weighted by Gasteiger charge is -1.90. The van der Waals surface area contributed by atoms with Crippen LogP contribution in [0, 0.1) is 6.92 Å². The van der Waals surface area contributed by atoms with Crippen molar-refractivity contribution in [3.05, 3.63) is 36.2 Å². The van der Waals surface area contributed by atoms with E-state index < -0.39 is 0 Å². The third kappa shape index (κ3) is 2.12. The Hall–Kier alpha value is -1.24. The van der Waals surface area contributed by atoms with Gasteiger partial charge in [-0.3, -0.25) is 0 Å². The molecule has 0 saturated carbocycles. The van der Waals surface area contributed by atoms with Crippen LogP contribution in [0.3, 0.4) is 0 Å². The molecule has 1 aromatic rings. The molecule has 0 atom stereocenters. The van der Waals surface area contributed by atoms with Crippen LogP contribution in [0.1, 0.15) is 30.7 Å². The monoisotopic (exact) mass is 163 g/mol. The van der Waals surface area contributed by atoms with Gasteiger partial charge in [0.25, 0.3) is 0 Å². The third-order valence-corrected chi connectivity index (χ3v) is 1.57. The first-order chi connectivity index (χ1) is 5.79. The topological polar surface area (TPSA) is 15.8 Å². The highest BCUT2D eigenvalue weighted by Crippen LogP contribution is 2.14. The molecule has 0 unspecified atom stereocenters. The molecular weight excluding hydrogens is 146 g/mol. The second-order valence-corrected chi connectivity index (χ2v) is 2.21. The molecule has 0 aliphatic rings. The predicted octanol–water partition coefficient (Wildman–Crippen LogP) is 3.64. The molecule has 1 aromatic heterocycles. The summed E-state index contributed by atoms with van der Waals surface area (Å²) in [6, 6.07) is 0. The van der Waals surface area contributed by atoms with Gasteiger partial charge in [0, 0.05) is 17.5 Å². The zero-order valence-corrected chi connectivity index (χ0v) is 8.15. The van der Waals surface area contributed by atoms with Crippen LogP contribution in [0.15, 0.2) is 19.4 Å². The highest BCUT2D eigenvalue weighted by molar-refractivity contribution is 5.63. The number of hydrogen-bond donors (Lipinski definition) is 1. The third-order valence-electron chi connectivity index (χ3n) is 1.57. The largest absolute Gasteiger partial charge is 0.361 e. The highest BCUT2D eigenvalue weighted by Gasteiger charge is 1.98. The van der Waals surface area contributed by atoms with E-state index in [9.17, 15) is 0 Å². The van der Waals surface area contributed by atoms with Crippen molar-refractivity contribution in [3.8, 4) is 0 Å². The molecule has 0 aliphatic heterocycles. The Morgan fingerprint density at radius 3 is 2.17 bits per heavy atom. The van der Waals surface area contributed by atoms with Gasteiger partial charge in [0.1, 0.15) is 0 Å². The molecule has 0 aliphatic carbocycles. The van der Waals surface area contributed by atoms with Crippen LogP contribution < -0.4 is 0 Å². The van der Waals surface area contributed by atoms with Crippen molar-refractivity contribution >= 4 is 12.2 Å². The van der Waals surface area contributed by atoms with Gasteiger partial charge < -0.3 is 4.98 Å². The lowest BCUT2D eigenvalue weighted by atomic mass is 10.1. The smallest absolute Gasteiger partial charge is 0.0450 e. The van der Waals surface area contributed by atoms with E-state index >= 15 is 0 Å². The summed E-state index contributed by atoms with van der Waals surface area (Å²) in [5.41, 5.74) is 3.41. The standard InChI is InChI=1S/C9H11N.C2H6/c1-4-8-7(3)6-10-9(8)5-2;1-2/h4-6,10H,1-2H2,3H3;1-2H3. The molecule has 0 spiro atoms. The molecule has 0 radical (unpaired) electrons. The quantitative estimate of drug-likeness (QED) is 0.685. The maximum atomic E-state index is 3.70. The maximum Gasteiger partial charge on any atom is 0.0450 e. The number of rotatable bonds is 2. The van der Waals surface area contributed by atoms with Crippen LogP contribution >= 0.6 is 0 Å². The Morgan fingerprint density at radius 1 is 1.25 bits per heavy atom. The first-order valence-corrected chi connectivity index (χ1v) is 4.22. The van der Waals surface area contributed by atoms with Gasteiger partial charge in [-0.2, -0.15) is 0 Å². The number of nitrogens with one attached hydrogen (secondary N) is 1. The van der Waals surface area contributed by atoms with E-state index in [-0.39, 0.29) is 0 Å². The fourth-order valence-corrected chi connectivity index (χ4v) is 0.994. The van der Waals surface area contributed by atoms with Crippen LogP contribution in [0.2, 0.25) is 0 Å². The van der Waals surface area contributed by atoms with Crippen molar-refractivity contribution < 1.29 is 0 Å². The zero-order chi connectivity index (χ0) is 9.56. The molecule has 66 valence electrons. The van der Waals surface area contributed by atoms with Crippen molar-refractivity contribution in [2.45, 2.75) is 20.8 Å². The van der Waals surface area contributed by atoms with Crippen molar-refractivity contribution in [3.63, 3.8) is 0 Å². The van der Waals surface area contributed by atoms with Gasteiger partial charge in [0.15, 0.2) is 0 Å². The number of aromatic nitrogens is 1. The first kappa shape index (κ1) is 10.8. The van der Waals surface area contributed by atoms with E-state index in [1.54, 1.807) is 6.08 Å². The summed E-state index contributed by atoms with van der Waals surface area (Å²) in [5.74, 6) is 0. The van der Waals surface area contributed by atoms with E-state index in [0.29, 0.717) is 0 Å². The van der Waals surface area contributed by atoms with E-state index in [4.69, 9.17) is 0 Å². The molecule has 1 nitrogen and oxygen atoms in total. The SMILES string of the molecule is C=Cc1[nH]cc(C)c1C=C.CC. The molecule has 0 aromatic carbocycles. The minimum atomic E-state index is 1.05. The molecule has 1 heteroatoms. The number of H-pyrrole nitrogens is 1. The molecule has 1 rings (SSSR count). The van der Waals surface area contributed by atoms with Crippen LogP contribution in [-0.4, -0.2) is 4.98 Å². The van der Waals surface area contributed by atoms with Gasteiger partial charge >= 0.3 is 0 Å². The van der Waals surface area contributed by atoms with E-state index in [0.717, 1.165) is 11.3 Å². The summed E-state index contributed by atoms with van der Waals surface area (Å²) in [7, 11) is 0. The fourth-order valence-electron chi connectivity index (χ4n) is 0.994. The number of aryl methyl sites for hydroxylation is 1. The Kier molecular flexibility index (Phi) is 4.86. The molecule has 0 fully saturated rings. The summed E-state index contributed by atoms with van der Waals surface area (Å²) in [6.45, 7) is 13.4. The van der Waals surface area contributed by atoms with E-state index in [2.05, 4.69) is 18.1 Å². The van der Waals surface area contributed by atoms with Crippen molar-refractivity contribution in [2.75, 3.05) is 0 Å². The van der Waals surface area contributed by atoms with Gasteiger partial charge in [-0.1, -0.05) is 33.1 Å². The van der Waals surface area contributed by atoms with Gasteiger partial charge in [-0.25, -0.2) is 0 Å². The van der Waals surface area contributed by atoms with Crippen molar-refractivity contribution in [1.82, 2.24) is 4.98 Å². The molecule has 1 N–H and O–H groups in total. The van der Waals surface area contributed by atoms with E-state index in [1.165, 1.54) is 5.56 Å². The molecular formula is C11H17N. The zero-order valence-electron chi connectivity index (χ0n) is 8.15. The summed E-state index contributed by atoms with van der Waals surface area (Å²) >= 11 is 0. The van der Waals surface area contributed by atoms with Gasteiger partial charge in [0.2, 0.25) is 0 Å². The summed E-state index contributed by atoms with van der Waals surface area (Å²) in [5, 5.41) is 0. The van der Waals surface area contributed by atoms with Gasteiger partial charge in [0.05, 0.1) is 0 Å². The lowest BCUT2D eigenvalue weighted by Crippen LogP contribution is -1.74. The molecule has 0 amide bonds. The average Bonchev–Trinajstić information content (AvgIpc) is 2.49. The summed E-state index contributed by atoms with van der Waals surface area (Å²) in [4.78, 5) is 3.09. The van der Waals surface area contributed by atoms with Crippen LogP contribution in [0.4, 0.5) is 0 Å². The molecule has 12 heavy (non-hydrogen) atoms. The predicted molar refractivity (Wildman–Crippen MR) is 57.1 cm³/mol. The minimum Gasteiger partial charge on any atom is -0.361 e. The van der Waals surface area contributed by atoms with Gasteiger partial charge in [-0.05, 0) is 18.6 Å². The Bertz CT molecular complexity index is 256. The Labute approximate surface area is 74.8 Å². The van der Waals surface area contributed by atoms with Crippen molar-refractivity contribution in [1.29, 1.82) is 0 Å². The molecule has 0 bridgehead atoms. The molecule has 1 heterocycles. The van der Waals surface area contributed by atoms with Gasteiger partial charge in [-0.15, -0.1) is 0 Å². The Morgan fingerprint density at radius 2 is 1.83 bits per heavy atom. The number of hydrogen-bond acceptors (Lipinski definition) is 0. The van der Waals surface area contributed by atoms with Crippen LogP contribution in [0.25, 0.3) is 12.2 Å². The lowest BCUT2D eigenvalue weighted by molar-refractivity contribution is 1.36.